The van der Waals surface area contributed by atoms with Crippen molar-refractivity contribution in [1.82, 2.24) is 0 Å². The van der Waals surface area contributed by atoms with Gasteiger partial charge in [-0.1, -0.05) is 38.5 Å². The fourth-order valence-electron chi connectivity index (χ4n) is 5.34. The van der Waals surface area contributed by atoms with Crippen LogP contribution in [-0.2, 0) is 0 Å². The number of rotatable bonds is 5. The highest BCUT2D eigenvalue weighted by molar-refractivity contribution is 5.16. The van der Waals surface area contributed by atoms with Crippen molar-refractivity contribution in [2.24, 2.45) is 22.7 Å². The maximum Gasteiger partial charge on any atom is 0.0797 e. The van der Waals surface area contributed by atoms with Crippen LogP contribution in [0.4, 0.5) is 0 Å². The van der Waals surface area contributed by atoms with Crippen LogP contribution in [0.15, 0.2) is 24.8 Å². The number of fused-ring (bicyclic) bond motifs is 1. The SMILES string of the molecule is C=C[C@](C)(O)CC[C@@H]1C(=C)CC[C@@H]2[C@](C)(CO)CCC[C@@]12C. The number of allylic oxidation sites excluding steroid dienone is 1. The number of hydrogen-bond acceptors (Lipinski definition) is 2. The predicted octanol–water partition coefficient (Wildman–Crippen LogP) is 4.47. The summed E-state index contributed by atoms with van der Waals surface area (Å²) >= 11 is 0. The summed E-state index contributed by atoms with van der Waals surface area (Å²) in [4.78, 5) is 0. The molecule has 126 valence electrons. The quantitative estimate of drug-likeness (QED) is 0.735. The van der Waals surface area contributed by atoms with Crippen LogP contribution in [0.2, 0.25) is 0 Å². The lowest BCUT2D eigenvalue weighted by Crippen LogP contribution is -2.52. The Balaban J connectivity index is 2.24. The van der Waals surface area contributed by atoms with Crippen molar-refractivity contribution < 1.29 is 10.2 Å². The standard InChI is InChI=1S/C20H34O2/c1-6-19(4,22)13-10-16-15(2)8-9-17-18(3,14-21)11-7-12-20(16,17)5/h6,16-17,21-22H,1-2,7-14H2,3-5H3/t16-,17-,18+,19+,20+/m1/s1. The molecule has 0 aromatic rings. The topological polar surface area (TPSA) is 40.5 Å². The third-order valence-corrected chi connectivity index (χ3v) is 6.88. The first kappa shape index (κ1) is 17.7. The lowest BCUT2D eigenvalue weighted by Gasteiger charge is -2.58. The Kier molecular flexibility index (Phi) is 4.94. The van der Waals surface area contributed by atoms with Gasteiger partial charge < -0.3 is 10.2 Å². The highest BCUT2D eigenvalue weighted by Crippen LogP contribution is 2.61. The van der Waals surface area contributed by atoms with Crippen molar-refractivity contribution in [1.29, 1.82) is 0 Å². The molecule has 0 radical (unpaired) electrons. The van der Waals surface area contributed by atoms with Crippen LogP contribution in [0.25, 0.3) is 0 Å². The maximum atomic E-state index is 10.3. The van der Waals surface area contributed by atoms with Gasteiger partial charge in [0.25, 0.3) is 0 Å². The van der Waals surface area contributed by atoms with Gasteiger partial charge in [-0.05, 0) is 68.1 Å². The highest BCUT2D eigenvalue weighted by Gasteiger charge is 2.54. The van der Waals surface area contributed by atoms with E-state index >= 15 is 0 Å². The lowest BCUT2D eigenvalue weighted by molar-refractivity contribution is -0.0885. The molecule has 0 amide bonds. The monoisotopic (exact) mass is 306 g/mol. The molecule has 2 heteroatoms. The number of hydrogen-bond donors (Lipinski definition) is 2. The summed E-state index contributed by atoms with van der Waals surface area (Å²) in [5.74, 6) is 1.01. The van der Waals surface area contributed by atoms with Crippen molar-refractivity contribution in [3.8, 4) is 0 Å². The van der Waals surface area contributed by atoms with E-state index in [1.54, 1.807) is 6.08 Å². The minimum Gasteiger partial charge on any atom is -0.396 e. The average molecular weight is 306 g/mol. The van der Waals surface area contributed by atoms with Gasteiger partial charge in [-0.3, -0.25) is 0 Å². The summed E-state index contributed by atoms with van der Waals surface area (Å²) in [6.45, 7) is 14.9. The molecule has 0 bridgehead atoms. The first-order valence-corrected chi connectivity index (χ1v) is 8.83. The minimum atomic E-state index is -0.793. The summed E-state index contributed by atoms with van der Waals surface area (Å²) < 4.78 is 0. The van der Waals surface area contributed by atoms with Gasteiger partial charge in [0, 0.05) is 6.61 Å². The summed E-state index contributed by atoms with van der Waals surface area (Å²) in [7, 11) is 0. The second-order valence-electron chi connectivity index (χ2n) is 8.57. The molecule has 22 heavy (non-hydrogen) atoms. The number of aliphatic hydroxyl groups excluding tert-OH is 1. The molecular formula is C20H34O2. The molecule has 2 N–H and O–H groups in total. The molecular weight excluding hydrogens is 272 g/mol. The summed E-state index contributed by atoms with van der Waals surface area (Å²) in [6.07, 6.45) is 9.10. The molecule has 2 aliphatic rings. The fourth-order valence-corrected chi connectivity index (χ4v) is 5.34. The molecule has 0 spiro atoms. The van der Waals surface area contributed by atoms with E-state index in [1.807, 2.05) is 6.92 Å². The van der Waals surface area contributed by atoms with E-state index in [1.165, 1.54) is 18.4 Å². The van der Waals surface area contributed by atoms with E-state index in [0.717, 1.165) is 32.1 Å². The molecule has 0 aromatic carbocycles. The largest absolute Gasteiger partial charge is 0.396 e. The zero-order valence-corrected chi connectivity index (χ0v) is 14.7. The van der Waals surface area contributed by atoms with E-state index in [4.69, 9.17) is 0 Å². The zero-order valence-electron chi connectivity index (χ0n) is 14.7. The predicted molar refractivity (Wildman–Crippen MR) is 92.6 cm³/mol. The van der Waals surface area contributed by atoms with Gasteiger partial charge in [-0.2, -0.15) is 0 Å². The lowest BCUT2D eigenvalue weighted by atomic mass is 9.46. The van der Waals surface area contributed by atoms with Gasteiger partial charge in [0.1, 0.15) is 0 Å². The van der Waals surface area contributed by atoms with Crippen LogP contribution in [-0.4, -0.2) is 22.4 Å². The van der Waals surface area contributed by atoms with Crippen LogP contribution >= 0.6 is 0 Å². The second kappa shape index (κ2) is 6.13. The van der Waals surface area contributed by atoms with Crippen LogP contribution in [0.1, 0.15) is 65.7 Å². The van der Waals surface area contributed by atoms with Gasteiger partial charge in [0.05, 0.1) is 5.60 Å². The molecule has 5 atom stereocenters. The van der Waals surface area contributed by atoms with Crippen LogP contribution in [0.5, 0.6) is 0 Å². The van der Waals surface area contributed by atoms with Gasteiger partial charge in [0.2, 0.25) is 0 Å². The Morgan fingerprint density at radius 2 is 2.05 bits per heavy atom. The first-order valence-electron chi connectivity index (χ1n) is 8.83. The molecule has 0 aromatic heterocycles. The second-order valence-corrected chi connectivity index (χ2v) is 8.57. The third kappa shape index (κ3) is 3.05. The van der Waals surface area contributed by atoms with Crippen molar-refractivity contribution in [3.05, 3.63) is 24.8 Å². The van der Waals surface area contributed by atoms with E-state index in [-0.39, 0.29) is 17.4 Å². The van der Waals surface area contributed by atoms with E-state index in [2.05, 4.69) is 27.0 Å². The Morgan fingerprint density at radius 3 is 2.64 bits per heavy atom. The van der Waals surface area contributed by atoms with Crippen molar-refractivity contribution in [2.75, 3.05) is 6.61 Å². The number of aliphatic hydroxyl groups is 2. The Labute approximate surface area is 136 Å². The Bertz CT molecular complexity index is 439. The molecule has 0 unspecified atom stereocenters. The van der Waals surface area contributed by atoms with Gasteiger partial charge >= 0.3 is 0 Å². The molecule has 2 aliphatic carbocycles. The van der Waals surface area contributed by atoms with Gasteiger partial charge in [0.15, 0.2) is 0 Å². The average Bonchev–Trinajstić information content (AvgIpc) is 2.46. The van der Waals surface area contributed by atoms with Gasteiger partial charge in [-0.15, -0.1) is 6.58 Å². The van der Waals surface area contributed by atoms with E-state index in [9.17, 15) is 10.2 Å². The Morgan fingerprint density at radius 1 is 1.36 bits per heavy atom. The molecule has 0 aliphatic heterocycles. The fraction of sp³-hybridized carbons (Fsp3) is 0.800. The first-order chi connectivity index (χ1) is 10.2. The Hall–Kier alpha value is -0.600. The van der Waals surface area contributed by atoms with E-state index < -0.39 is 5.60 Å². The molecule has 2 nitrogen and oxygen atoms in total. The smallest absolute Gasteiger partial charge is 0.0797 e. The van der Waals surface area contributed by atoms with Crippen LogP contribution in [0, 0.1) is 22.7 Å². The van der Waals surface area contributed by atoms with E-state index in [0.29, 0.717) is 11.8 Å². The molecule has 2 fully saturated rings. The summed E-state index contributed by atoms with van der Waals surface area (Å²) in [6, 6.07) is 0. The van der Waals surface area contributed by atoms with Crippen molar-refractivity contribution in [3.63, 3.8) is 0 Å². The van der Waals surface area contributed by atoms with Crippen LogP contribution in [0.3, 0.4) is 0 Å². The normalized spacial score (nSPS) is 41.6. The molecule has 2 saturated carbocycles. The summed E-state index contributed by atoms with van der Waals surface area (Å²) in [5, 5.41) is 20.3. The molecule has 0 saturated heterocycles. The minimum absolute atomic E-state index is 0.0485. The highest BCUT2D eigenvalue weighted by atomic mass is 16.3. The zero-order chi connectivity index (χ0) is 16.6. The molecule has 2 rings (SSSR count). The van der Waals surface area contributed by atoms with Crippen molar-refractivity contribution in [2.45, 2.75) is 71.3 Å². The summed E-state index contributed by atoms with van der Waals surface area (Å²) in [5.41, 5.74) is 0.814. The van der Waals surface area contributed by atoms with Crippen LogP contribution < -0.4 is 0 Å². The van der Waals surface area contributed by atoms with Gasteiger partial charge in [-0.25, -0.2) is 0 Å². The third-order valence-electron chi connectivity index (χ3n) is 6.88. The molecule has 0 heterocycles. The van der Waals surface area contributed by atoms with Crippen molar-refractivity contribution >= 4 is 0 Å². The maximum absolute atomic E-state index is 10.3.